The van der Waals surface area contributed by atoms with Crippen LogP contribution in [-0.4, -0.2) is 66.1 Å². The Morgan fingerprint density at radius 3 is 2.96 bits per heavy atom. The highest BCUT2D eigenvalue weighted by Crippen LogP contribution is 2.45. The normalized spacial score (nSPS) is 22.9. The van der Waals surface area contributed by atoms with Crippen molar-refractivity contribution < 1.29 is 14.7 Å². The number of thiophene rings is 1. The number of nitrogens with zero attached hydrogens (tertiary/aromatic N) is 2. The lowest BCUT2D eigenvalue weighted by Gasteiger charge is -2.35. The van der Waals surface area contributed by atoms with Crippen molar-refractivity contribution in [1.82, 2.24) is 15.1 Å². The van der Waals surface area contributed by atoms with Gasteiger partial charge >= 0.3 is 0 Å². The maximum Gasteiger partial charge on any atom is 0.237 e. The first-order chi connectivity index (χ1) is 11.5. The van der Waals surface area contributed by atoms with E-state index in [9.17, 15) is 14.7 Å². The van der Waals surface area contributed by atoms with Crippen molar-refractivity contribution in [1.29, 1.82) is 0 Å². The van der Waals surface area contributed by atoms with E-state index >= 15 is 0 Å². The van der Waals surface area contributed by atoms with Crippen molar-refractivity contribution >= 4 is 23.2 Å². The van der Waals surface area contributed by atoms with E-state index in [4.69, 9.17) is 0 Å². The summed E-state index contributed by atoms with van der Waals surface area (Å²) in [5, 5.41) is 14.3. The molecule has 1 atom stereocenters. The van der Waals surface area contributed by atoms with Crippen LogP contribution in [0.3, 0.4) is 0 Å². The molecule has 1 saturated carbocycles. The van der Waals surface area contributed by atoms with E-state index in [0.29, 0.717) is 19.6 Å². The fraction of sp³-hybridized carbons (Fsp3) is 0.647. The molecule has 1 saturated heterocycles. The molecule has 3 rings (SSSR count). The Hall–Kier alpha value is -1.44. The second kappa shape index (κ2) is 7.21. The number of amides is 2. The minimum Gasteiger partial charge on any atom is -0.396 e. The van der Waals surface area contributed by atoms with E-state index in [2.05, 4.69) is 16.3 Å². The quantitative estimate of drug-likeness (QED) is 0.757. The summed E-state index contributed by atoms with van der Waals surface area (Å²) in [6, 6.07) is 3.64. The summed E-state index contributed by atoms with van der Waals surface area (Å²) in [5.74, 6) is -0.101. The third-order valence-electron chi connectivity index (χ3n) is 5.04. The van der Waals surface area contributed by atoms with Crippen LogP contribution in [0.5, 0.6) is 0 Å². The van der Waals surface area contributed by atoms with E-state index < -0.39 is 6.04 Å². The third-order valence-corrected chi connectivity index (χ3v) is 5.90. The highest BCUT2D eigenvalue weighted by Gasteiger charge is 2.44. The zero-order valence-corrected chi connectivity index (χ0v) is 14.8. The molecule has 1 aromatic heterocycles. The number of hydrogen-bond acceptors (Lipinski definition) is 5. The van der Waals surface area contributed by atoms with Crippen LogP contribution in [0.25, 0.3) is 0 Å². The second-order valence-electron chi connectivity index (χ2n) is 6.97. The summed E-state index contributed by atoms with van der Waals surface area (Å²) in [6.07, 6.45) is 2.13. The molecule has 1 unspecified atom stereocenters. The third kappa shape index (κ3) is 3.96. The van der Waals surface area contributed by atoms with Gasteiger partial charge in [0.15, 0.2) is 0 Å². The zero-order chi connectivity index (χ0) is 17.2. The van der Waals surface area contributed by atoms with Crippen LogP contribution in [0, 0.1) is 5.41 Å². The molecule has 132 valence electrons. The zero-order valence-electron chi connectivity index (χ0n) is 14.0. The topological polar surface area (TPSA) is 72.9 Å². The number of carbonyl (C=O) groups excluding carboxylic acids is 2. The lowest BCUT2D eigenvalue weighted by atomic mass is 10.1. The fourth-order valence-corrected chi connectivity index (χ4v) is 3.96. The van der Waals surface area contributed by atoms with E-state index in [0.717, 1.165) is 19.4 Å². The molecule has 2 amide bonds. The summed E-state index contributed by atoms with van der Waals surface area (Å²) in [6.45, 7) is 2.78. The lowest BCUT2D eigenvalue weighted by Crippen LogP contribution is -2.56. The Labute approximate surface area is 146 Å². The van der Waals surface area contributed by atoms with Crippen LogP contribution in [0.4, 0.5) is 0 Å². The molecule has 2 N–H and O–H groups in total. The standard InChI is InChI=1S/C17H25N3O3S/c1-19(11-17(12-21)4-5-17)15(22)9-14-16(23)18-6-7-20(14)10-13-3-2-8-24-13/h2-3,8,14,21H,4-7,9-12H2,1H3,(H,18,23). The molecule has 2 heterocycles. The SMILES string of the molecule is CN(CC1(CO)CC1)C(=O)CC1C(=O)NCCN1Cc1cccs1. The molecule has 2 fully saturated rings. The molecule has 0 spiro atoms. The Morgan fingerprint density at radius 1 is 1.54 bits per heavy atom. The van der Waals surface area contributed by atoms with Gasteiger partial charge in [0.2, 0.25) is 11.8 Å². The largest absolute Gasteiger partial charge is 0.396 e. The molecule has 0 aromatic carbocycles. The van der Waals surface area contributed by atoms with Crippen LogP contribution in [0.15, 0.2) is 17.5 Å². The number of hydrogen-bond donors (Lipinski definition) is 2. The molecule has 2 aliphatic rings. The summed E-state index contributed by atoms with van der Waals surface area (Å²) in [4.78, 5) is 29.8. The Balaban J connectivity index is 1.61. The minimum absolute atomic E-state index is 0.0343. The van der Waals surface area contributed by atoms with Crippen molar-refractivity contribution in [2.75, 3.05) is 33.3 Å². The van der Waals surface area contributed by atoms with Gasteiger partial charge in [0.1, 0.15) is 0 Å². The molecule has 1 aliphatic heterocycles. The van der Waals surface area contributed by atoms with Gasteiger partial charge < -0.3 is 15.3 Å². The van der Waals surface area contributed by atoms with E-state index in [-0.39, 0.29) is 30.3 Å². The van der Waals surface area contributed by atoms with Gasteiger partial charge in [-0.3, -0.25) is 14.5 Å². The Morgan fingerprint density at radius 2 is 2.33 bits per heavy atom. The predicted molar refractivity (Wildman–Crippen MR) is 92.5 cm³/mol. The first-order valence-corrected chi connectivity index (χ1v) is 9.30. The molecule has 1 aromatic rings. The molecule has 0 bridgehead atoms. The first kappa shape index (κ1) is 17.4. The van der Waals surface area contributed by atoms with Crippen molar-refractivity contribution in [3.8, 4) is 0 Å². The van der Waals surface area contributed by atoms with Gasteiger partial charge in [-0.25, -0.2) is 0 Å². The van der Waals surface area contributed by atoms with Crippen LogP contribution >= 0.6 is 11.3 Å². The molecule has 7 heteroatoms. The monoisotopic (exact) mass is 351 g/mol. The minimum atomic E-state index is -0.417. The molecular formula is C17H25N3O3S. The highest BCUT2D eigenvalue weighted by molar-refractivity contribution is 7.09. The van der Waals surface area contributed by atoms with E-state index in [1.165, 1.54) is 4.88 Å². The smallest absolute Gasteiger partial charge is 0.237 e. The fourth-order valence-electron chi connectivity index (χ4n) is 3.23. The number of aliphatic hydroxyl groups excluding tert-OH is 1. The number of rotatable bonds is 7. The van der Waals surface area contributed by atoms with Gasteiger partial charge in [-0.2, -0.15) is 0 Å². The predicted octanol–water partition coefficient (Wildman–Crippen LogP) is 0.669. The van der Waals surface area contributed by atoms with Gasteiger partial charge in [0, 0.05) is 43.5 Å². The molecular weight excluding hydrogens is 326 g/mol. The van der Waals surface area contributed by atoms with Gasteiger partial charge in [0.05, 0.1) is 19.1 Å². The van der Waals surface area contributed by atoms with Crippen molar-refractivity contribution in [3.05, 3.63) is 22.4 Å². The summed E-state index contributed by atoms with van der Waals surface area (Å²) < 4.78 is 0. The average molecular weight is 351 g/mol. The van der Waals surface area contributed by atoms with E-state index in [1.807, 2.05) is 11.4 Å². The van der Waals surface area contributed by atoms with Crippen LogP contribution in [-0.2, 0) is 16.1 Å². The maximum atomic E-state index is 12.6. The molecule has 24 heavy (non-hydrogen) atoms. The Bertz CT molecular complexity index is 586. The van der Waals surface area contributed by atoms with Crippen LogP contribution in [0.1, 0.15) is 24.1 Å². The number of piperazine rings is 1. The van der Waals surface area contributed by atoms with E-state index in [1.54, 1.807) is 23.3 Å². The van der Waals surface area contributed by atoms with Gasteiger partial charge in [0.25, 0.3) is 0 Å². The van der Waals surface area contributed by atoms with Gasteiger partial charge in [-0.1, -0.05) is 6.07 Å². The Kier molecular flexibility index (Phi) is 5.22. The molecule has 6 nitrogen and oxygen atoms in total. The summed E-state index contributed by atoms with van der Waals surface area (Å²) in [7, 11) is 1.77. The van der Waals surface area contributed by atoms with Crippen molar-refractivity contribution in [2.45, 2.75) is 31.8 Å². The summed E-state index contributed by atoms with van der Waals surface area (Å²) >= 11 is 1.67. The van der Waals surface area contributed by atoms with Crippen molar-refractivity contribution in [2.24, 2.45) is 5.41 Å². The van der Waals surface area contributed by atoms with Gasteiger partial charge in [-0.05, 0) is 24.3 Å². The number of carbonyl (C=O) groups is 2. The maximum absolute atomic E-state index is 12.6. The number of nitrogens with one attached hydrogen (secondary N) is 1. The number of aliphatic hydroxyl groups is 1. The second-order valence-corrected chi connectivity index (χ2v) is 8.00. The van der Waals surface area contributed by atoms with Crippen LogP contribution < -0.4 is 5.32 Å². The first-order valence-electron chi connectivity index (χ1n) is 8.42. The summed E-state index contributed by atoms with van der Waals surface area (Å²) in [5.41, 5.74) is -0.101. The van der Waals surface area contributed by atoms with Gasteiger partial charge in [-0.15, -0.1) is 11.3 Å². The molecule has 0 radical (unpaired) electrons. The highest BCUT2D eigenvalue weighted by atomic mass is 32.1. The average Bonchev–Trinajstić information content (AvgIpc) is 3.15. The molecule has 1 aliphatic carbocycles. The van der Waals surface area contributed by atoms with Crippen LogP contribution in [0.2, 0.25) is 0 Å². The van der Waals surface area contributed by atoms with Crippen molar-refractivity contribution in [3.63, 3.8) is 0 Å². The lowest BCUT2D eigenvalue weighted by molar-refractivity contribution is -0.138.